The predicted molar refractivity (Wildman–Crippen MR) is 72.9 cm³/mol. The Morgan fingerprint density at radius 2 is 2.00 bits per heavy atom. The van der Waals surface area contributed by atoms with E-state index in [4.69, 9.17) is 9.47 Å². The van der Waals surface area contributed by atoms with Crippen molar-refractivity contribution >= 4 is 11.3 Å². The SMILES string of the molecule is c1csc(CCN2CCC(C3OCCO3)CC2)c1. The molecule has 0 aromatic carbocycles. The molecular formula is C14H21NO2S. The number of rotatable bonds is 4. The average molecular weight is 267 g/mol. The number of hydrogen-bond acceptors (Lipinski definition) is 4. The Hall–Kier alpha value is -0.420. The molecule has 0 spiro atoms. The highest BCUT2D eigenvalue weighted by Gasteiger charge is 2.30. The Kier molecular flexibility index (Phi) is 4.31. The van der Waals surface area contributed by atoms with Crippen LogP contribution in [0, 0.1) is 5.92 Å². The maximum absolute atomic E-state index is 5.61. The highest BCUT2D eigenvalue weighted by atomic mass is 32.1. The Bertz CT molecular complexity index is 341. The molecule has 4 heteroatoms. The van der Waals surface area contributed by atoms with Gasteiger partial charge in [0.1, 0.15) is 0 Å². The fourth-order valence-electron chi connectivity index (χ4n) is 2.82. The van der Waals surface area contributed by atoms with Crippen LogP contribution in [0.2, 0.25) is 0 Å². The zero-order valence-corrected chi connectivity index (χ0v) is 11.5. The molecule has 3 nitrogen and oxygen atoms in total. The van der Waals surface area contributed by atoms with Crippen molar-refractivity contribution in [1.82, 2.24) is 4.90 Å². The predicted octanol–water partition coefficient (Wildman–Crippen LogP) is 2.38. The normalized spacial score (nSPS) is 23.8. The second kappa shape index (κ2) is 6.15. The molecule has 0 atom stereocenters. The summed E-state index contributed by atoms with van der Waals surface area (Å²) in [5.74, 6) is 0.616. The van der Waals surface area contributed by atoms with Crippen LogP contribution in [0.1, 0.15) is 17.7 Å². The van der Waals surface area contributed by atoms with Crippen LogP contribution < -0.4 is 0 Å². The first kappa shape index (κ1) is 12.6. The van der Waals surface area contributed by atoms with E-state index in [2.05, 4.69) is 22.4 Å². The van der Waals surface area contributed by atoms with E-state index in [-0.39, 0.29) is 6.29 Å². The van der Waals surface area contributed by atoms with Crippen molar-refractivity contribution in [1.29, 1.82) is 0 Å². The van der Waals surface area contributed by atoms with E-state index in [9.17, 15) is 0 Å². The lowest BCUT2D eigenvalue weighted by molar-refractivity contribution is -0.0972. The maximum Gasteiger partial charge on any atom is 0.160 e. The van der Waals surface area contributed by atoms with Gasteiger partial charge < -0.3 is 14.4 Å². The Balaban J connectivity index is 1.39. The smallest absolute Gasteiger partial charge is 0.160 e. The zero-order chi connectivity index (χ0) is 12.2. The van der Waals surface area contributed by atoms with Crippen molar-refractivity contribution in [3.05, 3.63) is 22.4 Å². The minimum Gasteiger partial charge on any atom is -0.350 e. The van der Waals surface area contributed by atoms with Crippen LogP contribution >= 0.6 is 11.3 Å². The van der Waals surface area contributed by atoms with E-state index in [0.717, 1.165) is 13.2 Å². The van der Waals surface area contributed by atoms with Crippen LogP contribution in [0.4, 0.5) is 0 Å². The van der Waals surface area contributed by atoms with Gasteiger partial charge in [0, 0.05) is 17.3 Å². The van der Waals surface area contributed by atoms with Crippen molar-refractivity contribution in [2.45, 2.75) is 25.6 Å². The Labute approximate surface area is 113 Å². The fourth-order valence-corrected chi connectivity index (χ4v) is 3.52. The quantitative estimate of drug-likeness (QED) is 0.836. The zero-order valence-electron chi connectivity index (χ0n) is 10.7. The minimum atomic E-state index is 0.0874. The average Bonchev–Trinajstić information content (AvgIpc) is 3.10. The molecule has 1 aromatic heterocycles. The molecule has 0 bridgehead atoms. The molecule has 0 saturated carbocycles. The van der Waals surface area contributed by atoms with Crippen LogP contribution in [0.5, 0.6) is 0 Å². The Morgan fingerprint density at radius 1 is 1.22 bits per heavy atom. The molecule has 2 fully saturated rings. The number of nitrogens with zero attached hydrogens (tertiary/aromatic N) is 1. The lowest BCUT2D eigenvalue weighted by Gasteiger charge is -2.33. The standard InChI is InChI=1S/C14H21NO2S/c1-2-13(18-11-1)5-8-15-6-3-12(4-7-15)14-16-9-10-17-14/h1-2,11-12,14H,3-10H2. The van der Waals surface area contributed by atoms with E-state index >= 15 is 0 Å². The highest BCUT2D eigenvalue weighted by molar-refractivity contribution is 7.09. The molecule has 3 heterocycles. The van der Waals surface area contributed by atoms with Gasteiger partial charge in [0.05, 0.1) is 13.2 Å². The van der Waals surface area contributed by atoms with Crippen molar-refractivity contribution in [3.63, 3.8) is 0 Å². The van der Waals surface area contributed by atoms with Gasteiger partial charge in [-0.3, -0.25) is 0 Å². The molecule has 2 saturated heterocycles. The van der Waals surface area contributed by atoms with Crippen molar-refractivity contribution in [2.24, 2.45) is 5.92 Å². The summed E-state index contributed by atoms with van der Waals surface area (Å²) in [4.78, 5) is 4.07. The van der Waals surface area contributed by atoms with Crippen molar-refractivity contribution in [2.75, 3.05) is 32.8 Å². The number of ether oxygens (including phenoxy) is 2. The molecule has 1 aromatic rings. The summed E-state index contributed by atoms with van der Waals surface area (Å²) in [6, 6.07) is 4.37. The topological polar surface area (TPSA) is 21.7 Å². The molecule has 0 aliphatic carbocycles. The van der Waals surface area contributed by atoms with E-state index in [1.807, 2.05) is 11.3 Å². The van der Waals surface area contributed by atoms with Crippen LogP contribution in [-0.4, -0.2) is 44.0 Å². The second-order valence-corrected chi connectivity index (χ2v) is 6.15. The fraction of sp³-hybridized carbons (Fsp3) is 0.714. The first-order valence-electron chi connectivity index (χ1n) is 6.90. The van der Waals surface area contributed by atoms with E-state index < -0.39 is 0 Å². The van der Waals surface area contributed by atoms with Crippen LogP contribution in [0.25, 0.3) is 0 Å². The van der Waals surface area contributed by atoms with E-state index in [0.29, 0.717) is 5.92 Å². The summed E-state index contributed by atoms with van der Waals surface area (Å²) in [5.41, 5.74) is 0. The van der Waals surface area contributed by atoms with Gasteiger partial charge in [0.15, 0.2) is 6.29 Å². The summed E-state index contributed by atoms with van der Waals surface area (Å²) in [6.45, 7) is 5.14. The Morgan fingerprint density at radius 3 is 2.67 bits per heavy atom. The third-order valence-electron chi connectivity index (χ3n) is 3.92. The minimum absolute atomic E-state index is 0.0874. The molecule has 2 aliphatic rings. The molecular weight excluding hydrogens is 246 g/mol. The second-order valence-electron chi connectivity index (χ2n) is 5.12. The van der Waals surface area contributed by atoms with Crippen LogP contribution in [-0.2, 0) is 15.9 Å². The van der Waals surface area contributed by atoms with Gasteiger partial charge in [-0.2, -0.15) is 0 Å². The lowest BCUT2D eigenvalue weighted by atomic mass is 9.96. The summed E-state index contributed by atoms with van der Waals surface area (Å²) >= 11 is 1.87. The number of thiophene rings is 1. The molecule has 100 valence electrons. The number of likely N-dealkylation sites (tertiary alicyclic amines) is 1. The number of piperidine rings is 1. The van der Waals surface area contributed by atoms with Gasteiger partial charge in [-0.05, 0) is 43.8 Å². The molecule has 2 aliphatic heterocycles. The van der Waals surface area contributed by atoms with E-state index in [1.54, 1.807) is 0 Å². The lowest BCUT2D eigenvalue weighted by Crippen LogP contribution is -2.39. The summed E-state index contributed by atoms with van der Waals surface area (Å²) in [6.07, 6.45) is 3.72. The van der Waals surface area contributed by atoms with Gasteiger partial charge in [-0.15, -0.1) is 11.3 Å². The van der Waals surface area contributed by atoms with E-state index in [1.165, 1.54) is 43.8 Å². The molecule has 3 rings (SSSR count). The van der Waals surface area contributed by atoms with Gasteiger partial charge >= 0.3 is 0 Å². The first-order chi connectivity index (χ1) is 8.92. The molecule has 0 amide bonds. The van der Waals surface area contributed by atoms with Crippen LogP contribution in [0.3, 0.4) is 0 Å². The molecule has 0 radical (unpaired) electrons. The third kappa shape index (κ3) is 3.12. The van der Waals surface area contributed by atoms with Gasteiger partial charge in [-0.25, -0.2) is 0 Å². The first-order valence-corrected chi connectivity index (χ1v) is 7.78. The monoisotopic (exact) mass is 267 g/mol. The third-order valence-corrected chi connectivity index (χ3v) is 4.86. The van der Waals surface area contributed by atoms with Crippen molar-refractivity contribution < 1.29 is 9.47 Å². The van der Waals surface area contributed by atoms with Crippen LogP contribution in [0.15, 0.2) is 17.5 Å². The molecule has 0 unspecified atom stereocenters. The summed E-state index contributed by atoms with van der Waals surface area (Å²) in [7, 11) is 0. The molecule has 0 N–H and O–H groups in total. The maximum atomic E-state index is 5.61. The summed E-state index contributed by atoms with van der Waals surface area (Å²) in [5, 5.41) is 2.16. The largest absolute Gasteiger partial charge is 0.350 e. The van der Waals surface area contributed by atoms with Gasteiger partial charge in [0.2, 0.25) is 0 Å². The molecule has 18 heavy (non-hydrogen) atoms. The number of hydrogen-bond donors (Lipinski definition) is 0. The highest BCUT2D eigenvalue weighted by Crippen LogP contribution is 2.25. The van der Waals surface area contributed by atoms with Crippen molar-refractivity contribution in [3.8, 4) is 0 Å². The van der Waals surface area contributed by atoms with Gasteiger partial charge in [0.25, 0.3) is 0 Å². The summed E-state index contributed by atoms with van der Waals surface area (Å²) < 4.78 is 11.2. The van der Waals surface area contributed by atoms with Gasteiger partial charge in [-0.1, -0.05) is 6.07 Å².